The molecule has 0 aliphatic heterocycles. The van der Waals surface area contributed by atoms with Crippen molar-refractivity contribution >= 4 is 17.5 Å². The van der Waals surface area contributed by atoms with Crippen LogP contribution in [0.1, 0.15) is 23.2 Å². The van der Waals surface area contributed by atoms with Crippen LogP contribution in [0.15, 0.2) is 24.4 Å². The lowest BCUT2D eigenvalue weighted by atomic mass is 9.92. The molecule has 1 aliphatic rings. The van der Waals surface area contributed by atoms with E-state index in [0.717, 1.165) is 24.1 Å². The minimum absolute atomic E-state index is 0.109. The van der Waals surface area contributed by atoms with Crippen LogP contribution in [-0.2, 0) is 31.2 Å². The second-order valence-corrected chi connectivity index (χ2v) is 6.29. The van der Waals surface area contributed by atoms with Crippen molar-refractivity contribution in [3.05, 3.63) is 52.9 Å². The van der Waals surface area contributed by atoms with Gasteiger partial charge in [0.15, 0.2) is 0 Å². The minimum atomic E-state index is -0.656. The molecule has 128 valence electrons. The van der Waals surface area contributed by atoms with E-state index in [1.165, 1.54) is 23.1 Å². The first-order valence-electron chi connectivity index (χ1n) is 7.79. The summed E-state index contributed by atoms with van der Waals surface area (Å²) in [4.78, 5) is 13.8. The monoisotopic (exact) mass is 353 g/mol. The molecule has 1 aromatic carbocycles. The van der Waals surface area contributed by atoms with E-state index in [1.54, 1.807) is 4.68 Å². The Balaban J connectivity index is 1.86. The smallest absolute Gasteiger partial charge is 0.238 e. The van der Waals surface area contributed by atoms with E-state index < -0.39 is 11.6 Å². The summed E-state index contributed by atoms with van der Waals surface area (Å²) >= 11 is 5.72. The molecule has 1 heterocycles. The number of halogens is 3. The molecule has 0 spiro atoms. The summed E-state index contributed by atoms with van der Waals surface area (Å²) in [5.74, 6) is -1.86. The fourth-order valence-corrected chi connectivity index (χ4v) is 3.38. The molecule has 3 rings (SSSR count). The summed E-state index contributed by atoms with van der Waals surface area (Å²) in [6.07, 6.45) is 4.03. The van der Waals surface area contributed by atoms with Crippen LogP contribution in [0.5, 0.6) is 0 Å². The summed E-state index contributed by atoms with van der Waals surface area (Å²) in [7, 11) is 1.85. The van der Waals surface area contributed by atoms with Crippen molar-refractivity contribution < 1.29 is 13.6 Å². The average molecular weight is 354 g/mol. The number of amides is 1. The quantitative estimate of drug-likeness (QED) is 0.793. The second-order valence-electron chi connectivity index (χ2n) is 6.03. The van der Waals surface area contributed by atoms with Crippen molar-refractivity contribution in [1.82, 2.24) is 14.7 Å². The first-order valence-corrected chi connectivity index (χ1v) is 8.32. The first-order chi connectivity index (χ1) is 11.5. The van der Waals surface area contributed by atoms with Gasteiger partial charge in [-0.1, -0.05) is 6.07 Å². The van der Waals surface area contributed by atoms with E-state index in [2.05, 4.69) is 5.10 Å². The highest BCUT2D eigenvalue weighted by Crippen LogP contribution is 2.26. The van der Waals surface area contributed by atoms with E-state index >= 15 is 0 Å². The van der Waals surface area contributed by atoms with Crippen LogP contribution in [-0.4, -0.2) is 32.5 Å². The van der Waals surface area contributed by atoms with Gasteiger partial charge in [-0.25, -0.2) is 8.78 Å². The Morgan fingerprint density at radius 2 is 2.12 bits per heavy atom. The molecular weight excluding hydrogens is 336 g/mol. The number of carbonyl (C=O) groups excluding carboxylic acids is 1. The summed E-state index contributed by atoms with van der Waals surface area (Å²) in [6.45, 7) is -0.128. The maximum atomic E-state index is 14.0. The Morgan fingerprint density at radius 1 is 1.42 bits per heavy atom. The Hall–Kier alpha value is -1.95. The van der Waals surface area contributed by atoms with Gasteiger partial charge in [-0.15, -0.1) is 11.6 Å². The van der Waals surface area contributed by atoms with E-state index in [1.807, 2.05) is 13.2 Å². The third-order valence-corrected chi connectivity index (χ3v) is 4.66. The number of alkyl halides is 1. The van der Waals surface area contributed by atoms with Gasteiger partial charge in [0.1, 0.15) is 17.5 Å². The molecule has 0 bridgehead atoms. The third-order valence-electron chi connectivity index (χ3n) is 4.43. The normalized spacial score (nSPS) is 16.8. The van der Waals surface area contributed by atoms with Gasteiger partial charge < -0.3 is 4.90 Å². The van der Waals surface area contributed by atoms with Crippen LogP contribution < -0.4 is 0 Å². The Kier molecular flexibility index (Phi) is 4.85. The van der Waals surface area contributed by atoms with Crippen LogP contribution in [0.25, 0.3) is 0 Å². The van der Waals surface area contributed by atoms with Gasteiger partial charge in [-0.05, 0) is 30.5 Å². The zero-order valence-electron chi connectivity index (χ0n) is 13.3. The molecular formula is C17H18ClF2N3O. The molecule has 4 nitrogen and oxygen atoms in total. The van der Waals surface area contributed by atoms with Crippen molar-refractivity contribution in [1.29, 1.82) is 0 Å². The van der Waals surface area contributed by atoms with Gasteiger partial charge in [0.25, 0.3) is 0 Å². The number of hydrogen-bond acceptors (Lipinski definition) is 2. The van der Waals surface area contributed by atoms with Crippen LogP contribution in [0.3, 0.4) is 0 Å². The zero-order valence-corrected chi connectivity index (χ0v) is 14.1. The molecule has 1 aliphatic carbocycles. The molecule has 1 unspecified atom stereocenters. The maximum Gasteiger partial charge on any atom is 0.238 e. The van der Waals surface area contributed by atoms with Gasteiger partial charge >= 0.3 is 0 Å². The molecule has 0 radical (unpaired) electrons. The molecule has 0 saturated carbocycles. The molecule has 1 amide bonds. The molecule has 7 heteroatoms. The van der Waals surface area contributed by atoms with Crippen molar-refractivity contribution in [2.45, 2.75) is 31.8 Å². The minimum Gasteiger partial charge on any atom is -0.334 e. The number of benzene rings is 1. The molecule has 2 aromatic rings. The summed E-state index contributed by atoms with van der Waals surface area (Å²) < 4.78 is 29.7. The van der Waals surface area contributed by atoms with Gasteiger partial charge in [-0.3, -0.25) is 9.48 Å². The molecule has 1 aromatic heterocycles. The lowest BCUT2D eigenvalue weighted by Crippen LogP contribution is -2.44. The maximum absolute atomic E-state index is 14.0. The van der Waals surface area contributed by atoms with E-state index in [0.29, 0.717) is 6.42 Å². The number of hydrogen-bond donors (Lipinski definition) is 0. The number of aryl methyl sites for hydroxylation is 2. The second kappa shape index (κ2) is 6.89. The van der Waals surface area contributed by atoms with Crippen LogP contribution in [0, 0.1) is 11.6 Å². The standard InChI is InChI=1S/C17H18ClF2N3O/c1-22-9-11-5-6-12(7-16(11)21-22)23(17(24)8-18)10-13-14(19)3-2-4-15(13)20/h2-4,9,12H,5-8,10H2,1H3. The fourth-order valence-electron chi connectivity index (χ4n) is 3.23. The van der Waals surface area contributed by atoms with Crippen LogP contribution >= 0.6 is 11.6 Å². The van der Waals surface area contributed by atoms with E-state index in [9.17, 15) is 13.6 Å². The molecule has 24 heavy (non-hydrogen) atoms. The van der Waals surface area contributed by atoms with Gasteiger partial charge in [-0.2, -0.15) is 5.10 Å². The van der Waals surface area contributed by atoms with Crippen molar-refractivity contribution in [3.63, 3.8) is 0 Å². The summed E-state index contributed by atoms with van der Waals surface area (Å²) in [6, 6.07) is 3.53. The number of rotatable bonds is 4. The topological polar surface area (TPSA) is 38.1 Å². The van der Waals surface area contributed by atoms with Crippen LogP contribution in [0.4, 0.5) is 8.78 Å². The Bertz CT molecular complexity index is 742. The summed E-state index contributed by atoms with van der Waals surface area (Å²) in [5, 5.41) is 4.41. The number of fused-ring (bicyclic) bond motifs is 1. The lowest BCUT2D eigenvalue weighted by Gasteiger charge is -2.33. The molecule has 0 saturated heterocycles. The van der Waals surface area contributed by atoms with Crippen molar-refractivity contribution in [3.8, 4) is 0 Å². The first kappa shape index (κ1) is 16.9. The number of nitrogens with zero attached hydrogens (tertiary/aromatic N) is 3. The Morgan fingerprint density at radius 3 is 2.79 bits per heavy atom. The predicted molar refractivity (Wildman–Crippen MR) is 86.6 cm³/mol. The lowest BCUT2D eigenvalue weighted by molar-refractivity contribution is -0.131. The van der Waals surface area contributed by atoms with Crippen molar-refractivity contribution in [2.75, 3.05) is 5.88 Å². The number of aromatic nitrogens is 2. The Labute approximate surface area is 144 Å². The van der Waals surface area contributed by atoms with E-state index in [4.69, 9.17) is 11.6 Å². The average Bonchev–Trinajstić information content (AvgIpc) is 2.93. The highest BCUT2D eigenvalue weighted by atomic mass is 35.5. The summed E-state index contributed by atoms with van der Waals surface area (Å²) in [5.41, 5.74) is 1.97. The van der Waals surface area contributed by atoms with Gasteiger partial charge in [0.05, 0.1) is 12.2 Å². The molecule has 0 fully saturated rings. The number of carbonyl (C=O) groups is 1. The van der Waals surface area contributed by atoms with Crippen LogP contribution in [0.2, 0.25) is 0 Å². The molecule has 0 N–H and O–H groups in total. The highest BCUT2D eigenvalue weighted by molar-refractivity contribution is 6.27. The highest BCUT2D eigenvalue weighted by Gasteiger charge is 2.30. The van der Waals surface area contributed by atoms with Gasteiger partial charge in [0.2, 0.25) is 5.91 Å². The predicted octanol–water partition coefficient (Wildman–Crippen LogP) is 2.82. The zero-order chi connectivity index (χ0) is 17.3. The van der Waals surface area contributed by atoms with E-state index in [-0.39, 0.29) is 29.9 Å². The fraction of sp³-hybridized carbons (Fsp3) is 0.412. The van der Waals surface area contributed by atoms with Crippen molar-refractivity contribution in [2.24, 2.45) is 7.05 Å². The van der Waals surface area contributed by atoms with Gasteiger partial charge in [0, 0.05) is 31.3 Å². The largest absolute Gasteiger partial charge is 0.334 e. The molecule has 1 atom stereocenters. The SMILES string of the molecule is Cn1cc2c(n1)CC(N(Cc1c(F)cccc1F)C(=O)CCl)CC2. The third kappa shape index (κ3) is 3.29.